The fraction of sp³-hybridized carbons (Fsp3) is 0.294. The lowest BCUT2D eigenvalue weighted by molar-refractivity contribution is 0.00661. The van der Waals surface area contributed by atoms with E-state index in [0.717, 1.165) is 29.7 Å². The molecule has 3 aromatic rings. The number of rotatable bonds is 3. The van der Waals surface area contributed by atoms with Crippen LogP contribution in [0.25, 0.3) is 11.0 Å². The molecule has 0 bridgehead atoms. The van der Waals surface area contributed by atoms with E-state index in [-0.39, 0.29) is 11.9 Å². The Balaban J connectivity index is 1.86. The molecule has 1 aliphatic rings. The number of nitrogens with zero attached hydrogens (tertiary/aromatic N) is 4. The summed E-state index contributed by atoms with van der Waals surface area (Å²) in [5.74, 6) is 0.267. The van der Waals surface area contributed by atoms with Gasteiger partial charge in [0.25, 0.3) is 0 Å². The van der Waals surface area contributed by atoms with E-state index in [0.29, 0.717) is 13.2 Å². The molecule has 1 N–H and O–H groups in total. The highest BCUT2D eigenvalue weighted by atomic mass is 16.5. The third-order valence-electron chi connectivity index (χ3n) is 4.22. The van der Waals surface area contributed by atoms with Gasteiger partial charge in [0.1, 0.15) is 17.4 Å². The molecule has 2 heterocycles. The summed E-state index contributed by atoms with van der Waals surface area (Å²) in [6, 6.07) is 15.3. The molecule has 4 rings (SSSR count). The molecule has 0 spiro atoms. The fourth-order valence-corrected chi connectivity index (χ4v) is 3.08. The SMILES string of the molecule is Oc1ccccc1C(N1CCOCC1)n1nnc2ccccc21. The molecule has 1 aliphatic heterocycles. The summed E-state index contributed by atoms with van der Waals surface area (Å²) in [7, 11) is 0. The first-order valence-corrected chi connectivity index (χ1v) is 7.74. The maximum Gasteiger partial charge on any atom is 0.136 e. The van der Waals surface area contributed by atoms with E-state index in [1.807, 2.05) is 47.1 Å². The summed E-state index contributed by atoms with van der Waals surface area (Å²) >= 11 is 0. The number of phenolic OH excluding ortho intramolecular Hbond substituents is 1. The van der Waals surface area contributed by atoms with Gasteiger partial charge in [0.15, 0.2) is 0 Å². The van der Waals surface area contributed by atoms with Crippen molar-refractivity contribution in [1.82, 2.24) is 19.9 Å². The quantitative estimate of drug-likeness (QED) is 0.802. The van der Waals surface area contributed by atoms with Gasteiger partial charge in [-0.3, -0.25) is 4.90 Å². The molecule has 0 radical (unpaired) electrons. The maximum atomic E-state index is 10.4. The second-order valence-corrected chi connectivity index (χ2v) is 5.60. The van der Waals surface area contributed by atoms with E-state index in [9.17, 15) is 5.11 Å². The van der Waals surface area contributed by atoms with Gasteiger partial charge in [-0.15, -0.1) is 5.10 Å². The van der Waals surface area contributed by atoms with E-state index in [1.54, 1.807) is 6.07 Å². The van der Waals surface area contributed by atoms with Crippen LogP contribution in [0.2, 0.25) is 0 Å². The second-order valence-electron chi connectivity index (χ2n) is 5.60. The number of morpholine rings is 1. The molecule has 1 fully saturated rings. The number of aromatic hydroxyl groups is 1. The number of aromatic nitrogens is 3. The van der Waals surface area contributed by atoms with Crippen molar-refractivity contribution >= 4 is 11.0 Å². The van der Waals surface area contributed by atoms with Gasteiger partial charge in [0, 0.05) is 18.7 Å². The van der Waals surface area contributed by atoms with E-state index in [1.165, 1.54) is 0 Å². The molecular weight excluding hydrogens is 292 g/mol. The Morgan fingerprint density at radius 3 is 2.57 bits per heavy atom. The number of fused-ring (bicyclic) bond motifs is 1. The van der Waals surface area contributed by atoms with Crippen LogP contribution in [-0.4, -0.2) is 51.3 Å². The third-order valence-corrected chi connectivity index (χ3v) is 4.22. The molecule has 1 atom stereocenters. The van der Waals surface area contributed by atoms with Gasteiger partial charge >= 0.3 is 0 Å². The lowest BCUT2D eigenvalue weighted by atomic mass is 10.1. The molecule has 1 saturated heterocycles. The zero-order chi connectivity index (χ0) is 15.6. The molecular formula is C17H18N4O2. The first kappa shape index (κ1) is 14.2. The van der Waals surface area contributed by atoms with Crippen LogP contribution in [0.4, 0.5) is 0 Å². The Bertz CT molecular complexity index is 811. The standard InChI is InChI=1S/C17H18N4O2/c22-16-8-4-1-5-13(16)17(20-9-11-23-12-10-20)21-15-7-3-2-6-14(15)18-19-21/h1-8,17,22H,9-12H2. The topological polar surface area (TPSA) is 63.4 Å². The highest BCUT2D eigenvalue weighted by Gasteiger charge is 2.28. The van der Waals surface area contributed by atoms with E-state index >= 15 is 0 Å². The van der Waals surface area contributed by atoms with Gasteiger partial charge in [-0.2, -0.15) is 0 Å². The summed E-state index contributed by atoms with van der Waals surface area (Å²) in [6.45, 7) is 2.92. The number of phenols is 1. The first-order chi connectivity index (χ1) is 11.3. The normalized spacial score (nSPS) is 17.4. The predicted molar refractivity (Wildman–Crippen MR) is 86.2 cm³/mol. The fourth-order valence-electron chi connectivity index (χ4n) is 3.08. The first-order valence-electron chi connectivity index (χ1n) is 7.74. The van der Waals surface area contributed by atoms with Crippen molar-refractivity contribution in [2.45, 2.75) is 6.17 Å². The van der Waals surface area contributed by atoms with E-state index in [2.05, 4.69) is 15.2 Å². The monoisotopic (exact) mass is 310 g/mol. The van der Waals surface area contributed by atoms with E-state index < -0.39 is 0 Å². The largest absolute Gasteiger partial charge is 0.508 e. The smallest absolute Gasteiger partial charge is 0.136 e. The zero-order valence-corrected chi connectivity index (χ0v) is 12.7. The van der Waals surface area contributed by atoms with Crippen molar-refractivity contribution in [1.29, 1.82) is 0 Å². The molecule has 6 nitrogen and oxygen atoms in total. The number of para-hydroxylation sites is 2. The summed E-state index contributed by atoms with van der Waals surface area (Å²) < 4.78 is 7.36. The minimum Gasteiger partial charge on any atom is -0.508 e. The average Bonchev–Trinajstić information content (AvgIpc) is 3.02. The van der Waals surface area contributed by atoms with Crippen molar-refractivity contribution in [2.75, 3.05) is 26.3 Å². The van der Waals surface area contributed by atoms with Crippen LogP contribution in [0.5, 0.6) is 5.75 Å². The molecule has 23 heavy (non-hydrogen) atoms. The Labute approximate surface area is 133 Å². The molecule has 1 unspecified atom stereocenters. The minimum absolute atomic E-state index is 0.201. The summed E-state index contributed by atoms with van der Waals surface area (Å²) in [5.41, 5.74) is 2.62. The minimum atomic E-state index is -0.201. The molecule has 2 aromatic carbocycles. The molecule has 0 aliphatic carbocycles. The van der Waals surface area contributed by atoms with Crippen molar-refractivity contribution in [3.05, 3.63) is 54.1 Å². The van der Waals surface area contributed by atoms with Crippen LogP contribution in [0, 0.1) is 0 Å². The average molecular weight is 310 g/mol. The lowest BCUT2D eigenvalue weighted by Crippen LogP contribution is -2.42. The molecule has 0 saturated carbocycles. The van der Waals surface area contributed by atoms with E-state index in [4.69, 9.17) is 4.74 Å². The summed E-state index contributed by atoms with van der Waals surface area (Å²) in [6.07, 6.45) is -0.201. The highest BCUT2D eigenvalue weighted by molar-refractivity contribution is 5.74. The van der Waals surface area contributed by atoms with Crippen LogP contribution in [0.3, 0.4) is 0 Å². The number of ether oxygens (including phenoxy) is 1. The van der Waals surface area contributed by atoms with Crippen molar-refractivity contribution in [3.63, 3.8) is 0 Å². The molecule has 6 heteroatoms. The van der Waals surface area contributed by atoms with Crippen LogP contribution >= 0.6 is 0 Å². The predicted octanol–water partition coefficient (Wildman–Crippen LogP) is 2.02. The van der Waals surface area contributed by atoms with Crippen LogP contribution in [-0.2, 0) is 4.74 Å². The van der Waals surface area contributed by atoms with Gasteiger partial charge in [0.2, 0.25) is 0 Å². The Kier molecular flexibility index (Phi) is 3.69. The number of benzene rings is 2. The number of hydrogen-bond acceptors (Lipinski definition) is 5. The van der Waals surface area contributed by atoms with Crippen LogP contribution in [0.1, 0.15) is 11.7 Å². The lowest BCUT2D eigenvalue weighted by Gasteiger charge is -2.34. The molecule has 0 amide bonds. The van der Waals surface area contributed by atoms with Gasteiger partial charge in [-0.05, 0) is 18.2 Å². The molecule has 118 valence electrons. The van der Waals surface area contributed by atoms with Crippen LogP contribution in [0.15, 0.2) is 48.5 Å². The Hall–Kier alpha value is -2.44. The van der Waals surface area contributed by atoms with Gasteiger partial charge in [0.05, 0.1) is 18.7 Å². The zero-order valence-electron chi connectivity index (χ0n) is 12.7. The van der Waals surface area contributed by atoms with Gasteiger partial charge < -0.3 is 9.84 Å². The van der Waals surface area contributed by atoms with Crippen molar-refractivity contribution in [2.24, 2.45) is 0 Å². The van der Waals surface area contributed by atoms with Gasteiger partial charge in [-0.1, -0.05) is 35.5 Å². The van der Waals surface area contributed by atoms with Gasteiger partial charge in [-0.25, -0.2) is 4.68 Å². The Morgan fingerprint density at radius 1 is 1.00 bits per heavy atom. The maximum absolute atomic E-state index is 10.4. The number of hydrogen-bond donors (Lipinski definition) is 1. The summed E-state index contributed by atoms with van der Waals surface area (Å²) in [4.78, 5) is 2.26. The summed E-state index contributed by atoms with van der Waals surface area (Å²) in [5, 5.41) is 19.0. The Morgan fingerprint density at radius 2 is 1.74 bits per heavy atom. The van der Waals surface area contributed by atoms with Crippen LogP contribution < -0.4 is 0 Å². The third kappa shape index (κ3) is 2.56. The van der Waals surface area contributed by atoms with Crippen molar-refractivity contribution in [3.8, 4) is 5.75 Å². The highest BCUT2D eigenvalue weighted by Crippen LogP contribution is 2.31. The second kappa shape index (κ2) is 5.98. The van der Waals surface area contributed by atoms with Crippen molar-refractivity contribution < 1.29 is 9.84 Å². The molecule has 1 aromatic heterocycles.